The fourth-order valence-corrected chi connectivity index (χ4v) is 7.78. The van der Waals surface area contributed by atoms with Gasteiger partial charge in [-0.3, -0.25) is 28.9 Å². The van der Waals surface area contributed by atoms with E-state index >= 15 is 0 Å². The highest BCUT2D eigenvalue weighted by atomic mass is 15.3. The molecule has 68 heavy (non-hydrogen) atoms. The van der Waals surface area contributed by atoms with Crippen LogP contribution in [-0.4, -0.2) is 78.3 Å². The Balaban J connectivity index is 0.000000150. The van der Waals surface area contributed by atoms with E-state index in [9.17, 15) is 0 Å². The number of nitrogens with one attached hydrogen (secondary N) is 2. The molecule has 16 nitrogen and oxygen atoms in total. The Morgan fingerprint density at radius 3 is 1.19 bits per heavy atom. The molecule has 0 saturated heterocycles. The van der Waals surface area contributed by atoms with Crippen LogP contribution < -0.4 is 0 Å². The van der Waals surface area contributed by atoms with Crippen LogP contribution in [0.25, 0.3) is 54.9 Å². The Labute approximate surface area is 398 Å². The number of aromatic nitrogens is 16. The Morgan fingerprint density at radius 2 is 0.750 bits per heavy atom. The number of aromatic amines is 2. The molecule has 2 aromatic carbocycles. The average Bonchev–Trinajstić information content (AvgIpc) is 4.26. The molecule has 0 unspecified atom stereocenters. The number of aryl methyl sites for hydroxylation is 12. The zero-order chi connectivity index (χ0) is 49.7. The maximum absolute atomic E-state index is 4.35. The van der Waals surface area contributed by atoms with Crippen molar-refractivity contribution in [1.29, 1.82) is 0 Å². The number of para-hydroxylation sites is 2. The standard InChI is InChI=1S/4C9H10N2.2C6H8N4.2C2H6/c2*1-7-8-5-3-4-6-9(8)11(2)10-7;2*1-7-9-5-3-4-6-11(9)8(2)10-7;1-4-6-5(3-7-8-6)10(2)9-4;1-4-5-3-7-8-6(5)10(2)9-4;2*1-2/h4*3-6H,1-2H3;2*3H,1-2H3,(H,7,8);2*1-2H3. The monoisotopic (exact) mass is 917 g/mol. The van der Waals surface area contributed by atoms with Crippen molar-refractivity contribution in [1.82, 2.24) is 78.3 Å². The predicted octanol–water partition coefficient (Wildman–Crippen LogP) is 10.9. The Bertz CT molecular complexity index is 2860. The highest BCUT2D eigenvalue weighted by Crippen LogP contribution is 2.18. The molecular weight excluding hydrogens is 849 g/mol. The van der Waals surface area contributed by atoms with Crippen molar-refractivity contribution < 1.29 is 0 Å². The van der Waals surface area contributed by atoms with Gasteiger partial charge in [-0.2, -0.15) is 30.6 Å². The minimum absolute atomic E-state index is 0.984. The van der Waals surface area contributed by atoms with Crippen LogP contribution in [0, 0.1) is 55.4 Å². The lowest BCUT2D eigenvalue weighted by molar-refractivity contribution is 0.767. The SMILES string of the molecule is CC.CC.Cc1nc(C)n2ccccc12.Cc1nc(C)n2ccccc12.Cc1nn(C)c2[nH]ncc12.Cc1nn(C)c2ccccc12.Cc1nn(C)c2ccccc12.Cc1nn(C)c2cn[nH]c12. The summed E-state index contributed by atoms with van der Waals surface area (Å²) in [7, 11) is 7.74. The summed E-state index contributed by atoms with van der Waals surface area (Å²) in [6.45, 7) is 24.1. The lowest BCUT2D eigenvalue weighted by atomic mass is 10.2. The van der Waals surface area contributed by atoms with E-state index in [2.05, 4.69) is 96.0 Å². The summed E-state index contributed by atoms with van der Waals surface area (Å²) in [5.74, 6) is 2.11. The van der Waals surface area contributed by atoms with Gasteiger partial charge in [-0.05, 0) is 91.8 Å². The van der Waals surface area contributed by atoms with E-state index in [1.54, 1.807) is 17.1 Å². The smallest absolute Gasteiger partial charge is 0.153 e. The first kappa shape index (κ1) is 51.1. The van der Waals surface area contributed by atoms with E-state index in [1.165, 1.54) is 32.8 Å². The summed E-state index contributed by atoms with van der Waals surface area (Å²) < 4.78 is 11.6. The number of imidazole rings is 2. The summed E-state index contributed by atoms with van der Waals surface area (Å²) in [6, 6.07) is 28.7. The van der Waals surface area contributed by atoms with E-state index in [1.807, 2.05) is 186 Å². The number of hydrogen-bond donors (Lipinski definition) is 2. The second-order valence-electron chi connectivity index (χ2n) is 15.5. The van der Waals surface area contributed by atoms with Crippen molar-refractivity contribution in [3.63, 3.8) is 0 Å². The van der Waals surface area contributed by atoms with E-state index in [0.29, 0.717) is 0 Å². The molecule has 12 aromatic rings. The molecule has 16 heteroatoms. The number of hydrogen-bond acceptors (Lipinski definition) is 8. The van der Waals surface area contributed by atoms with Crippen molar-refractivity contribution in [3.8, 4) is 0 Å². The van der Waals surface area contributed by atoms with Crippen molar-refractivity contribution in [2.75, 3.05) is 0 Å². The summed E-state index contributed by atoms with van der Waals surface area (Å²) in [5, 5.41) is 34.1. The summed E-state index contributed by atoms with van der Waals surface area (Å²) >= 11 is 0. The Kier molecular flexibility index (Phi) is 17.7. The highest BCUT2D eigenvalue weighted by Gasteiger charge is 2.06. The van der Waals surface area contributed by atoms with Crippen LogP contribution >= 0.6 is 0 Å². The van der Waals surface area contributed by atoms with Gasteiger partial charge in [0.05, 0.1) is 74.0 Å². The quantitative estimate of drug-likeness (QED) is 0.152. The minimum Gasteiger partial charge on any atom is -0.304 e. The number of rotatable bonds is 0. The highest BCUT2D eigenvalue weighted by molar-refractivity contribution is 5.82. The van der Waals surface area contributed by atoms with Gasteiger partial charge in [0.15, 0.2) is 5.65 Å². The van der Waals surface area contributed by atoms with Crippen molar-refractivity contribution >= 4 is 54.9 Å². The van der Waals surface area contributed by atoms with Crippen LogP contribution in [-0.2, 0) is 28.2 Å². The van der Waals surface area contributed by atoms with Crippen LogP contribution in [0.1, 0.15) is 73.5 Å². The first-order valence-corrected chi connectivity index (χ1v) is 23.0. The van der Waals surface area contributed by atoms with Gasteiger partial charge in [-0.15, -0.1) is 0 Å². The van der Waals surface area contributed by atoms with Crippen molar-refractivity contribution in [3.05, 3.63) is 156 Å². The lowest BCUT2D eigenvalue weighted by Crippen LogP contribution is -1.90. The molecular formula is C52H68N16. The first-order valence-electron chi connectivity index (χ1n) is 23.0. The first-order chi connectivity index (χ1) is 32.7. The molecule has 10 aromatic heterocycles. The molecule has 12 rings (SSSR count). The van der Waals surface area contributed by atoms with Gasteiger partial charge in [0.1, 0.15) is 22.7 Å². The van der Waals surface area contributed by atoms with Crippen LogP contribution in [0.2, 0.25) is 0 Å². The molecule has 0 aliphatic heterocycles. The van der Waals surface area contributed by atoms with E-state index < -0.39 is 0 Å². The average molecular weight is 917 g/mol. The molecule has 0 saturated carbocycles. The Morgan fingerprint density at radius 1 is 0.368 bits per heavy atom. The zero-order valence-electron chi connectivity index (χ0n) is 42.7. The molecule has 0 radical (unpaired) electrons. The molecule has 0 atom stereocenters. The number of fused-ring (bicyclic) bond motifs is 6. The second-order valence-corrected chi connectivity index (χ2v) is 15.5. The number of nitrogens with zero attached hydrogens (tertiary/aromatic N) is 14. The third-order valence-corrected chi connectivity index (χ3v) is 11.0. The number of pyridine rings is 2. The summed E-state index contributed by atoms with van der Waals surface area (Å²) in [6.07, 6.45) is 7.63. The fraction of sp³-hybridized carbons (Fsp3) is 0.308. The van der Waals surface area contributed by atoms with Crippen molar-refractivity contribution in [2.24, 2.45) is 28.2 Å². The predicted molar refractivity (Wildman–Crippen MR) is 278 cm³/mol. The van der Waals surface area contributed by atoms with E-state index in [0.717, 1.165) is 67.9 Å². The topological polar surface area (TPSA) is 163 Å². The molecule has 0 spiro atoms. The third-order valence-electron chi connectivity index (χ3n) is 11.0. The lowest BCUT2D eigenvalue weighted by Gasteiger charge is -1.92. The second kappa shape index (κ2) is 23.5. The fourth-order valence-electron chi connectivity index (χ4n) is 7.78. The van der Waals surface area contributed by atoms with Crippen LogP contribution in [0.4, 0.5) is 0 Å². The van der Waals surface area contributed by atoms with Gasteiger partial charge in [0.2, 0.25) is 0 Å². The van der Waals surface area contributed by atoms with Gasteiger partial charge in [0.25, 0.3) is 0 Å². The molecule has 2 N–H and O–H groups in total. The van der Waals surface area contributed by atoms with Gasteiger partial charge < -0.3 is 8.80 Å². The largest absolute Gasteiger partial charge is 0.304 e. The minimum atomic E-state index is 0.984. The number of benzene rings is 2. The molecule has 0 bridgehead atoms. The maximum atomic E-state index is 4.35. The molecule has 10 heterocycles. The third kappa shape index (κ3) is 11.6. The van der Waals surface area contributed by atoms with Crippen LogP contribution in [0.3, 0.4) is 0 Å². The number of H-pyrrole nitrogens is 2. The molecule has 356 valence electrons. The molecule has 0 aliphatic rings. The van der Waals surface area contributed by atoms with Crippen molar-refractivity contribution in [2.45, 2.75) is 83.1 Å². The van der Waals surface area contributed by atoms with Gasteiger partial charge in [-0.25, -0.2) is 9.97 Å². The Hall–Kier alpha value is -7.88. The van der Waals surface area contributed by atoms with Gasteiger partial charge in [0, 0.05) is 51.4 Å². The van der Waals surface area contributed by atoms with Crippen LogP contribution in [0.15, 0.2) is 110 Å². The molecule has 0 aliphatic carbocycles. The summed E-state index contributed by atoms with van der Waals surface area (Å²) in [5.41, 5.74) is 14.3. The maximum Gasteiger partial charge on any atom is 0.153 e. The zero-order valence-corrected chi connectivity index (χ0v) is 42.7. The molecule has 0 amide bonds. The van der Waals surface area contributed by atoms with Crippen LogP contribution in [0.5, 0.6) is 0 Å². The summed E-state index contributed by atoms with van der Waals surface area (Å²) in [4.78, 5) is 8.71. The van der Waals surface area contributed by atoms with Gasteiger partial charge >= 0.3 is 0 Å². The van der Waals surface area contributed by atoms with E-state index in [4.69, 9.17) is 0 Å². The van der Waals surface area contributed by atoms with Gasteiger partial charge in [-0.1, -0.05) is 76.2 Å². The van der Waals surface area contributed by atoms with E-state index in [-0.39, 0.29) is 0 Å². The normalized spacial score (nSPS) is 10.4. The molecule has 0 fully saturated rings.